The van der Waals surface area contributed by atoms with Crippen LogP contribution < -0.4 is 4.90 Å². The second-order valence-electron chi connectivity index (χ2n) is 5.12. The molecule has 8 nitrogen and oxygen atoms in total. The lowest BCUT2D eigenvalue weighted by Gasteiger charge is -2.07. The summed E-state index contributed by atoms with van der Waals surface area (Å²) in [6.45, 7) is 2.58. The lowest BCUT2D eigenvalue weighted by Crippen LogP contribution is -2.26. The number of hydrogen-bond acceptors (Lipinski definition) is 5. The van der Waals surface area contributed by atoms with Crippen molar-refractivity contribution in [2.24, 2.45) is 5.11 Å². The molecule has 0 spiro atoms. The Kier molecular flexibility index (Phi) is 4.59. The molecule has 2 heterocycles. The van der Waals surface area contributed by atoms with Gasteiger partial charge in [-0.15, -0.1) is 11.8 Å². The molecule has 0 bridgehead atoms. The van der Waals surface area contributed by atoms with E-state index < -0.39 is 12.2 Å². The number of carbonyl (C=O) groups is 1. The molecule has 1 fully saturated rings. The van der Waals surface area contributed by atoms with Gasteiger partial charge in [-0.25, -0.2) is 14.7 Å². The summed E-state index contributed by atoms with van der Waals surface area (Å²) in [5, 5.41) is 3.44. The third-order valence-electron chi connectivity index (χ3n) is 3.39. The zero-order chi connectivity index (χ0) is 16.2. The van der Waals surface area contributed by atoms with Gasteiger partial charge in [0.2, 0.25) is 5.95 Å². The van der Waals surface area contributed by atoms with E-state index in [-0.39, 0.29) is 6.54 Å². The van der Waals surface area contributed by atoms with Crippen molar-refractivity contribution in [3.8, 4) is 0 Å². The molecule has 1 saturated heterocycles. The molecular weight excluding hydrogens is 316 g/mol. The molecule has 0 unspecified atom stereocenters. The maximum absolute atomic E-state index is 11.9. The van der Waals surface area contributed by atoms with Gasteiger partial charge in [-0.2, -0.15) is 0 Å². The summed E-state index contributed by atoms with van der Waals surface area (Å²) in [6.07, 6.45) is 0.188. The molecule has 3 rings (SSSR count). The number of benzene rings is 1. The van der Waals surface area contributed by atoms with Gasteiger partial charge in [0.25, 0.3) is 0 Å². The summed E-state index contributed by atoms with van der Waals surface area (Å²) in [7, 11) is 0. The minimum atomic E-state index is -0.484. The molecule has 1 aliphatic rings. The Morgan fingerprint density at radius 1 is 1.61 bits per heavy atom. The number of aromatic nitrogens is 2. The summed E-state index contributed by atoms with van der Waals surface area (Å²) in [6, 6.07) is 6.00. The van der Waals surface area contributed by atoms with Gasteiger partial charge in [0, 0.05) is 9.81 Å². The van der Waals surface area contributed by atoms with Crippen molar-refractivity contribution in [1.82, 2.24) is 9.97 Å². The Labute approximate surface area is 136 Å². The largest absolute Gasteiger partial charge is 0.444 e. The number of hydrogen-bond donors (Lipinski definition) is 1. The number of ether oxygens (including phenoxy) is 1. The van der Waals surface area contributed by atoms with E-state index in [1.54, 1.807) is 11.8 Å². The number of nitrogens with one attached hydrogen (secondary N) is 1. The molecule has 1 N–H and O–H groups in total. The maximum Gasteiger partial charge on any atom is 0.417 e. The van der Waals surface area contributed by atoms with Crippen LogP contribution in [0.2, 0.25) is 0 Å². The van der Waals surface area contributed by atoms with E-state index in [2.05, 4.69) is 26.9 Å². The third-order valence-corrected chi connectivity index (χ3v) is 4.59. The molecule has 1 aliphatic heterocycles. The van der Waals surface area contributed by atoms with Crippen molar-refractivity contribution in [1.29, 1.82) is 0 Å². The van der Waals surface area contributed by atoms with Gasteiger partial charge in [-0.1, -0.05) is 12.0 Å². The summed E-state index contributed by atoms with van der Waals surface area (Å²) < 4.78 is 5.16. The number of rotatable bonds is 6. The highest BCUT2D eigenvalue weighted by Gasteiger charge is 2.33. The van der Waals surface area contributed by atoms with Crippen LogP contribution in [0.3, 0.4) is 0 Å². The predicted molar refractivity (Wildman–Crippen MR) is 88.7 cm³/mol. The van der Waals surface area contributed by atoms with E-state index in [4.69, 9.17) is 10.3 Å². The first-order valence-corrected chi connectivity index (χ1v) is 8.31. The van der Waals surface area contributed by atoms with Crippen LogP contribution in [-0.2, 0) is 4.74 Å². The normalized spacial score (nSPS) is 17.3. The minimum absolute atomic E-state index is 0.122. The average Bonchev–Trinajstić information content (AvgIpc) is 3.13. The first-order valence-electron chi connectivity index (χ1n) is 7.33. The number of carbonyl (C=O) groups excluding carboxylic acids is 1. The molecule has 23 heavy (non-hydrogen) atoms. The quantitative estimate of drug-likeness (QED) is 0.376. The zero-order valence-electron chi connectivity index (χ0n) is 12.6. The molecule has 1 atom stereocenters. The van der Waals surface area contributed by atoms with Gasteiger partial charge in [0.15, 0.2) is 0 Å². The summed E-state index contributed by atoms with van der Waals surface area (Å²) in [4.78, 5) is 24.8. The number of anilines is 1. The molecule has 0 saturated carbocycles. The summed E-state index contributed by atoms with van der Waals surface area (Å²) >= 11 is 1.79. The summed E-state index contributed by atoms with van der Waals surface area (Å²) in [5.41, 5.74) is 10.0. The maximum atomic E-state index is 11.9. The molecule has 0 radical (unpaired) electrons. The molecule has 1 aromatic heterocycles. The SMILES string of the molecule is CCCSc1ccc2nc(N3C[C@H](CN=[N+]=[N-])OC3=O)[nH]c2c1. The van der Waals surface area contributed by atoms with E-state index in [0.717, 1.165) is 23.2 Å². The predicted octanol–water partition coefficient (Wildman–Crippen LogP) is 3.70. The highest BCUT2D eigenvalue weighted by atomic mass is 32.2. The summed E-state index contributed by atoms with van der Waals surface area (Å²) in [5.74, 6) is 1.51. The van der Waals surface area contributed by atoms with Gasteiger partial charge in [-0.3, -0.25) is 0 Å². The molecule has 9 heteroatoms. The number of imidazole rings is 1. The van der Waals surface area contributed by atoms with Gasteiger partial charge in [0.05, 0.1) is 24.1 Å². The first-order chi connectivity index (χ1) is 11.2. The van der Waals surface area contributed by atoms with Crippen molar-refractivity contribution in [3.05, 3.63) is 28.6 Å². The second kappa shape index (κ2) is 6.80. The Balaban J connectivity index is 1.80. The van der Waals surface area contributed by atoms with Crippen molar-refractivity contribution in [3.63, 3.8) is 0 Å². The lowest BCUT2D eigenvalue weighted by atomic mass is 10.3. The molecule has 1 aromatic carbocycles. The van der Waals surface area contributed by atoms with E-state index in [0.29, 0.717) is 12.5 Å². The van der Waals surface area contributed by atoms with E-state index >= 15 is 0 Å². The topological polar surface area (TPSA) is 107 Å². The van der Waals surface area contributed by atoms with E-state index in [1.165, 1.54) is 9.80 Å². The number of thioether (sulfide) groups is 1. The fraction of sp³-hybridized carbons (Fsp3) is 0.429. The third kappa shape index (κ3) is 3.35. The Morgan fingerprint density at radius 3 is 3.26 bits per heavy atom. The molecule has 0 aliphatic carbocycles. The highest BCUT2D eigenvalue weighted by Crippen LogP contribution is 2.26. The van der Waals surface area contributed by atoms with Crippen LogP contribution in [-0.4, -0.2) is 41.0 Å². The zero-order valence-corrected chi connectivity index (χ0v) is 13.4. The molecular formula is C14H16N6O2S. The van der Waals surface area contributed by atoms with Crippen molar-refractivity contribution < 1.29 is 9.53 Å². The fourth-order valence-electron chi connectivity index (χ4n) is 2.33. The van der Waals surface area contributed by atoms with Gasteiger partial charge < -0.3 is 9.72 Å². The lowest BCUT2D eigenvalue weighted by molar-refractivity contribution is 0.145. The van der Waals surface area contributed by atoms with Crippen LogP contribution in [0.25, 0.3) is 21.5 Å². The van der Waals surface area contributed by atoms with Gasteiger partial charge in [0.1, 0.15) is 6.10 Å². The van der Waals surface area contributed by atoms with Crippen molar-refractivity contribution >= 4 is 34.8 Å². The van der Waals surface area contributed by atoms with E-state index in [1.807, 2.05) is 18.2 Å². The van der Waals surface area contributed by atoms with E-state index in [9.17, 15) is 4.79 Å². The smallest absolute Gasteiger partial charge is 0.417 e. The number of fused-ring (bicyclic) bond motifs is 1. The molecule has 1 amide bonds. The van der Waals surface area contributed by atoms with Crippen LogP contribution in [0.4, 0.5) is 10.7 Å². The van der Waals surface area contributed by atoms with Crippen LogP contribution in [0.5, 0.6) is 0 Å². The van der Waals surface area contributed by atoms with Crippen molar-refractivity contribution in [2.45, 2.75) is 24.3 Å². The fourth-order valence-corrected chi connectivity index (χ4v) is 3.14. The minimum Gasteiger partial charge on any atom is -0.444 e. The number of aromatic amines is 1. The Bertz CT molecular complexity index is 770. The monoisotopic (exact) mass is 332 g/mol. The van der Waals surface area contributed by atoms with Gasteiger partial charge in [-0.05, 0) is 35.9 Å². The van der Waals surface area contributed by atoms with Gasteiger partial charge >= 0.3 is 6.09 Å². The molecule has 2 aromatic rings. The van der Waals surface area contributed by atoms with Crippen LogP contribution in [0.1, 0.15) is 13.3 Å². The number of azide groups is 1. The number of nitrogens with zero attached hydrogens (tertiary/aromatic N) is 5. The second-order valence-corrected chi connectivity index (χ2v) is 6.29. The Morgan fingerprint density at radius 2 is 2.48 bits per heavy atom. The average molecular weight is 332 g/mol. The Hall–Kier alpha value is -2.38. The standard InChI is InChI=1S/C14H16N6O2S/c1-2-5-23-10-3-4-11-12(6-10)18-13(17-11)20-8-9(7-16-19-15)22-14(20)21/h3-4,6,9H,2,5,7-8H2,1H3,(H,17,18)/t9-/m0/s1. The number of amides is 1. The van der Waals surface area contributed by atoms with Crippen LogP contribution in [0, 0.1) is 0 Å². The number of cyclic esters (lactones) is 1. The number of H-pyrrole nitrogens is 1. The van der Waals surface area contributed by atoms with Crippen LogP contribution in [0.15, 0.2) is 28.2 Å². The highest BCUT2D eigenvalue weighted by molar-refractivity contribution is 7.99. The van der Waals surface area contributed by atoms with Crippen molar-refractivity contribution in [2.75, 3.05) is 23.7 Å². The first kappa shape index (κ1) is 15.5. The van der Waals surface area contributed by atoms with Crippen LogP contribution >= 0.6 is 11.8 Å². The molecule has 120 valence electrons.